The fourth-order valence-electron chi connectivity index (χ4n) is 1.52. The lowest BCUT2D eigenvalue weighted by Gasteiger charge is -2.16. The van der Waals surface area contributed by atoms with Gasteiger partial charge in [-0.2, -0.15) is 0 Å². The highest BCUT2D eigenvalue weighted by molar-refractivity contribution is 7.90. The maximum absolute atomic E-state index is 11.6. The minimum Gasteiger partial charge on any atom is -0.352 e. The minimum atomic E-state index is -3.05. The molecular weight excluding hydrogens is 228 g/mol. The first-order valence-electron chi connectivity index (χ1n) is 5.53. The molecule has 0 radical (unpaired) electrons. The van der Waals surface area contributed by atoms with Gasteiger partial charge in [0.25, 0.3) is 0 Å². The van der Waals surface area contributed by atoms with Gasteiger partial charge < -0.3 is 11.1 Å². The van der Waals surface area contributed by atoms with E-state index in [0.717, 1.165) is 19.1 Å². The monoisotopic (exact) mass is 248 g/mol. The first-order valence-corrected chi connectivity index (χ1v) is 7.59. The highest BCUT2D eigenvalue weighted by atomic mass is 32.2. The number of nitrogens with two attached hydrogens (primary N) is 1. The topological polar surface area (TPSA) is 89.3 Å². The third-order valence-electron chi connectivity index (χ3n) is 2.84. The molecule has 1 amide bonds. The van der Waals surface area contributed by atoms with Crippen LogP contribution >= 0.6 is 0 Å². The Balaban J connectivity index is 2.29. The third-order valence-corrected chi connectivity index (χ3v) is 3.81. The van der Waals surface area contributed by atoms with Crippen LogP contribution in [0.1, 0.15) is 26.2 Å². The summed E-state index contributed by atoms with van der Waals surface area (Å²) in [5.74, 6) is 0.286. The van der Waals surface area contributed by atoms with Gasteiger partial charge in [-0.25, -0.2) is 8.42 Å². The Bertz CT molecular complexity index is 349. The van der Waals surface area contributed by atoms with Gasteiger partial charge in [0.15, 0.2) is 0 Å². The van der Waals surface area contributed by atoms with Gasteiger partial charge in [-0.05, 0) is 32.1 Å². The summed E-state index contributed by atoms with van der Waals surface area (Å²) >= 11 is 0. The second-order valence-electron chi connectivity index (χ2n) is 4.66. The smallest absolute Gasteiger partial charge is 0.237 e. The number of amides is 1. The number of hydrogen-bond donors (Lipinski definition) is 2. The Kier molecular flexibility index (Phi) is 4.32. The van der Waals surface area contributed by atoms with Gasteiger partial charge >= 0.3 is 0 Å². The predicted molar refractivity (Wildman–Crippen MR) is 62.6 cm³/mol. The van der Waals surface area contributed by atoms with Gasteiger partial charge in [0.1, 0.15) is 9.84 Å². The van der Waals surface area contributed by atoms with Gasteiger partial charge in [0, 0.05) is 12.3 Å². The summed E-state index contributed by atoms with van der Waals surface area (Å²) in [7, 11) is -3.05. The zero-order valence-electron chi connectivity index (χ0n) is 9.77. The number of hydrogen-bond acceptors (Lipinski definition) is 4. The van der Waals surface area contributed by atoms with Crippen LogP contribution in [0.15, 0.2) is 0 Å². The number of carbonyl (C=O) groups excluding carboxylic acids is 1. The van der Waals surface area contributed by atoms with Crippen LogP contribution in [-0.2, 0) is 14.6 Å². The van der Waals surface area contributed by atoms with E-state index in [9.17, 15) is 13.2 Å². The lowest BCUT2D eigenvalue weighted by molar-refractivity contribution is -0.123. The molecule has 0 aromatic carbocycles. The molecule has 1 fully saturated rings. The van der Waals surface area contributed by atoms with Crippen molar-refractivity contribution in [3.8, 4) is 0 Å². The van der Waals surface area contributed by atoms with E-state index in [4.69, 9.17) is 5.73 Å². The number of rotatable bonds is 6. The van der Waals surface area contributed by atoms with Crippen molar-refractivity contribution in [2.45, 2.75) is 38.3 Å². The van der Waals surface area contributed by atoms with Crippen molar-refractivity contribution in [3.05, 3.63) is 0 Å². The normalized spacial score (nSPS) is 20.2. The molecule has 1 saturated carbocycles. The lowest BCUT2D eigenvalue weighted by atomic mass is 10.2. The molecule has 1 aliphatic carbocycles. The molecule has 0 spiro atoms. The molecule has 0 bridgehead atoms. The molecule has 0 heterocycles. The molecule has 0 saturated heterocycles. The van der Waals surface area contributed by atoms with Gasteiger partial charge in [0.2, 0.25) is 5.91 Å². The largest absolute Gasteiger partial charge is 0.352 e. The third kappa shape index (κ3) is 4.94. The van der Waals surface area contributed by atoms with Crippen LogP contribution in [0.5, 0.6) is 0 Å². The maximum atomic E-state index is 11.6. The zero-order valence-corrected chi connectivity index (χ0v) is 10.6. The Labute approximate surface area is 96.7 Å². The SMILES string of the molecule is CC(NC(=O)C(N)CCS(C)(=O)=O)C1CC1. The Morgan fingerprint density at radius 1 is 1.50 bits per heavy atom. The van der Waals surface area contributed by atoms with Crippen molar-refractivity contribution < 1.29 is 13.2 Å². The molecule has 2 unspecified atom stereocenters. The Morgan fingerprint density at radius 2 is 2.06 bits per heavy atom. The van der Waals surface area contributed by atoms with Crippen LogP contribution < -0.4 is 11.1 Å². The van der Waals surface area contributed by atoms with Crippen LogP contribution in [0.4, 0.5) is 0 Å². The van der Waals surface area contributed by atoms with E-state index in [1.807, 2.05) is 6.92 Å². The van der Waals surface area contributed by atoms with Crippen LogP contribution in [0.2, 0.25) is 0 Å². The summed E-state index contributed by atoms with van der Waals surface area (Å²) in [5.41, 5.74) is 5.62. The maximum Gasteiger partial charge on any atom is 0.237 e. The van der Waals surface area contributed by atoms with Gasteiger partial charge in [-0.1, -0.05) is 0 Å². The summed E-state index contributed by atoms with van der Waals surface area (Å²) in [6.45, 7) is 1.96. The summed E-state index contributed by atoms with van der Waals surface area (Å²) in [6.07, 6.45) is 3.63. The molecule has 3 N–H and O–H groups in total. The quantitative estimate of drug-likeness (QED) is 0.673. The van der Waals surface area contributed by atoms with Crippen molar-refractivity contribution in [3.63, 3.8) is 0 Å². The summed E-state index contributed by atoms with van der Waals surface area (Å²) in [5, 5.41) is 2.82. The van der Waals surface area contributed by atoms with Crippen molar-refractivity contribution in [2.75, 3.05) is 12.0 Å². The van der Waals surface area contributed by atoms with Gasteiger partial charge in [-0.3, -0.25) is 4.79 Å². The predicted octanol–water partition coefficient (Wildman–Crippen LogP) is -0.337. The molecule has 0 aromatic rings. The van der Waals surface area contributed by atoms with E-state index in [0.29, 0.717) is 5.92 Å². The van der Waals surface area contributed by atoms with E-state index in [-0.39, 0.29) is 24.1 Å². The van der Waals surface area contributed by atoms with Crippen LogP contribution in [0.25, 0.3) is 0 Å². The molecule has 5 nitrogen and oxygen atoms in total. The Hall–Kier alpha value is -0.620. The van der Waals surface area contributed by atoms with Crippen molar-refractivity contribution in [1.82, 2.24) is 5.32 Å². The van der Waals surface area contributed by atoms with E-state index in [1.54, 1.807) is 0 Å². The fraction of sp³-hybridized carbons (Fsp3) is 0.900. The first kappa shape index (κ1) is 13.4. The highest BCUT2D eigenvalue weighted by Crippen LogP contribution is 2.32. The average molecular weight is 248 g/mol. The summed E-state index contributed by atoms with van der Waals surface area (Å²) < 4.78 is 21.8. The lowest BCUT2D eigenvalue weighted by Crippen LogP contribution is -2.45. The van der Waals surface area contributed by atoms with E-state index >= 15 is 0 Å². The first-order chi connectivity index (χ1) is 7.29. The second kappa shape index (κ2) is 5.14. The Morgan fingerprint density at radius 3 is 2.50 bits per heavy atom. The molecular formula is C10H20N2O3S. The van der Waals surface area contributed by atoms with E-state index in [2.05, 4.69) is 5.32 Å². The standard InChI is InChI=1S/C10H20N2O3S/c1-7(8-3-4-8)12-10(13)9(11)5-6-16(2,14)15/h7-9H,3-6,11H2,1-2H3,(H,12,13). The number of carbonyl (C=O) groups is 1. The zero-order chi connectivity index (χ0) is 12.3. The number of sulfone groups is 1. The molecule has 1 aliphatic rings. The summed E-state index contributed by atoms with van der Waals surface area (Å²) in [6, 6.07) is -0.576. The molecule has 0 aliphatic heterocycles. The van der Waals surface area contributed by atoms with E-state index in [1.165, 1.54) is 0 Å². The van der Waals surface area contributed by atoms with Gasteiger partial charge in [0.05, 0.1) is 11.8 Å². The van der Waals surface area contributed by atoms with Crippen molar-refractivity contribution in [2.24, 2.45) is 11.7 Å². The molecule has 16 heavy (non-hydrogen) atoms. The van der Waals surface area contributed by atoms with Crippen molar-refractivity contribution in [1.29, 1.82) is 0 Å². The number of nitrogens with one attached hydrogen (secondary N) is 1. The average Bonchev–Trinajstić information content (AvgIpc) is 2.95. The molecule has 1 rings (SSSR count). The minimum absolute atomic E-state index is 0.0423. The molecule has 0 aromatic heterocycles. The fourth-order valence-corrected chi connectivity index (χ4v) is 2.20. The molecule has 2 atom stereocenters. The summed E-state index contributed by atoms with van der Waals surface area (Å²) in [4.78, 5) is 11.6. The van der Waals surface area contributed by atoms with Crippen LogP contribution in [0.3, 0.4) is 0 Å². The highest BCUT2D eigenvalue weighted by Gasteiger charge is 2.29. The van der Waals surface area contributed by atoms with Crippen LogP contribution in [-0.4, -0.2) is 38.4 Å². The molecule has 94 valence electrons. The van der Waals surface area contributed by atoms with Crippen molar-refractivity contribution >= 4 is 15.7 Å². The van der Waals surface area contributed by atoms with Crippen LogP contribution in [0, 0.1) is 5.92 Å². The van der Waals surface area contributed by atoms with Gasteiger partial charge in [-0.15, -0.1) is 0 Å². The van der Waals surface area contributed by atoms with E-state index < -0.39 is 15.9 Å². The molecule has 6 heteroatoms. The second-order valence-corrected chi connectivity index (χ2v) is 6.92.